The fourth-order valence-corrected chi connectivity index (χ4v) is 2.03. The Morgan fingerprint density at radius 2 is 1.76 bits per heavy atom. The summed E-state index contributed by atoms with van der Waals surface area (Å²) in [5, 5.41) is 2.50. The van der Waals surface area contributed by atoms with E-state index in [1.54, 1.807) is 17.0 Å². The molecular formula is C14H16FN3O3. The molecule has 0 aromatic heterocycles. The highest BCUT2D eigenvalue weighted by molar-refractivity contribution is 6.35. The highest BCUT2D eigenvalue weighted by Crippen LogP contribution is 2.03. The van der Waals surface area contributed by atoms with Crippen molar-refractivity contribution in [3.63, 3.8) is 0 Å². The Morgan fingerprint density at radius 3 is 2.33 bits per heavy atom. The number of piperazine rings is 1. The zero-order valence-electron chi connectivity index (χ0n) is 11.4. The summed E-state index contributed by atoms with van der Waals surface area (Å²) >= 11 is 0. The molecule has 0 bridgehead atoms. The summed E-state index contributed by atoms with van der Waals surface area (Å²) < 4.78 is 12.7. The van der Waals surface area contributed by atoms with E-state index in [2.05, 4.69) is 5.32 Å². The minimum atomic E-state index is -0.695. The number of hydrogen-bond donors (Lipinski definition) is 1. The van der Waals surface area contributed by atoms with Gasteiger partial charge in [-0.3, -0.25) is 14.4 Å². The standard InChI is InChI=1S/C14H16FN3O3/c15-12-3-1-11(2-4-12)9-16-13(20)14(21)18-7-5-17(10-19)6-8-18/h1-4,10H,5-9H2,(H,16,20). The van der Waals surface area contributed by atoms with Crippen LogP contribution < -0.4 is 5.32 Å². The van der Waals surface area contributed by atoms with Crippen molar-refractivity contribution >= 4 is 18.2 Å². The Kier molecular flexibility index (Phi) is 4.86. The van der Waals surface area contributed by atoms with Crippen LogP contribution in [0.1, 0.15) is 5.56 Å². The maximum atomic E-state index is 12.7. The lowest BCUT2D eigenvalue weighted by Crippen LogP contribution is -2.52. The fourth-order valence-electron chi connectivity index (χ4n) is 2.03. The first-order valence-corrected chi connectivity index (χ1v) is 6.61. The summed E-state index contributed by atoms with van der Waals surface area (Å²) in [6.45, 7) is 1.73. The van der Waals surface area contributed by atoms with Crippen LogP contribution in [-0.4, -0.2) is 54.2 Å². The molecule has 6 nitrogen and oxygen atoms in total. The first kappa shape index (κ1) is 15.0. The van der Waals surface area contributed by atoms with Crippen LogP contribution in [0.3, 0.4) is 0 Å². The van der Waals surface area contributed by atoms with Gasteiger partial charge in [0.2, 0.25) is 6.41 Å². The maximum Gasteiger partial charge on any atom is 0.312 e. The molecule has 1 aliphatic rings. The highest BCUT2D eigenvalue weighted by Gasteiger charge is 2.25. The van der Waals surface area contributed by atoms with Crippen LogP contribution in [0.4, 0.5) is 4.39 Å². The van der Waals surface area contributed by atoms with Crippen LogP contribution in [0, 0.1) is 5.82 Å². The van der Waals surface area contributed by atoms with Crippen LogP contribution in [0.15, 0.2) is 24.3 Å². The first-order valence-electron chi connectivity index (χ1n) is 6.61. The van der Waals surface area contributed by atoms with E-state index in [4.69, 9.17) is 0 Å². The monoisotopic (exact) mass is 293 g/mol. The lowest BCUT2D eigenvalue weighted by atomic mass is 10.2. The summed E-state index contributed by atoms with van der Waals surface area (Å²) in [5.74, 6) is -1.66. The van der Waals surface area contributed by atoms with E-state index in [1.165, 1.54) is 17.0 Å². The Hall–Kier alpha value is -2.44. The topological polar surface area (TPSA) is 69.7 Å². The smallest absolute Gasteiger partial charge is 0.312 e. The number of nitrogens with one attached hydrogen (secondary N) is 1. The first-order chi connectivity index (χ1) is 10.1. The fraction of sp³-hybridized carbons (Fsp3) is 0.357. The van der Waals surface area contributed by atoms with Gasteiger partial charge in [0.15, 0.2) is 0 Å². The van der Waals surface area contributed by atoms with E-state index < -0.39 is 11.8 Å². The van der Waals surface area contributed by atoms with Crippen LogP contribution in [-0.2, 0) is 20.9 Å². The average molecular weight is 293 g/mol. The molecule has 0 unspecified atom stereocenters. The Balaban J connectivity index is 1.81. The van der Waals surface area contributed by atoms with Gasteiger partial charge in [-0.15, -0.1) is 0 Å². The third-order valence-electron chi connectivity index (χ3n) is 3.31. The zero-order valence-corrected chi connectivity index (χ0v) is 11.4. The Labute approximate surface area is 121 Å². The minimum absolute atomic E-state index is 0.166. The molecule has 1 aliphatic heterocycles. The minimum Gasteiger partial charge on any atom is -0.344 e. The van der Waals surface area contributed by atoms with Crippen molar-refractivity contribution < 1.29 is 18.8 Å². The SMILES string of the molecule is O=CN1CCN(C(=O)C(=O)NCc2ccc(F)cc2)CC1. The number of amides is 3. The molecule has 1 saturated heterocycles. The molecule has 0 radical (unpaired) electrons. The summed E-state index contributed by atoms with van der Waals surface area (Å²) in [5.41, 5.74) is 0.711. The van der Waals surface area contributed by atoms with E-state index in [1.807, 2.05) is 0 Å². The summed E-state index contributed by atoms with van der Waals surface area (Å²) in [6, 6.07) is 5.68. The van der Waals surface area contributed by atoms with Crippen molar-refractivity contribution in [2.24, 2.45) is 0 Å². The molecule has 2 rings (SSSR count). The Bertz CT molecular complexity index is 525. The molecule has 112 valence electrons. The largest absolute Gasteiger partial charge is 0.344 e. The van der Waals surface area contributed by atoms with Gasteiger partial charge in [0.25, 0.3) is 0 Å². The maximum absolute atomic E-state index is 12.7. The van der Waals surface area contributed by atoms with Crippen LogP contribution >= 0.6 is 0 Å². The number of nitrogens with zero attached hydrogens (tertiary/aromatic N) is 2. The van der Waals surface area contributed by atoms with Gasteiger partial charge in [-0.05, 0) is 17.7 Å². The molecule has 1 heterocycles. The van der Waals surface area contributed by atoms with Gasteiger partial charge in [-0.1, -0.05) is 12.1 Å². The number of carbonyl (C=O) groups is 3. The van der Waals surface area contributed by atoms with E-state index in [0.29, 0.717) is 31.7 Å². The number of hydrogen-bond acceptors (Lipinski definition) is 3. The lowest BCUT2D eigenvalue weighted by Gasteiger charge is -2.31. The molecule has 1 fully saturated rings. The van der Waals surface area contributed by atoms with Crippen LogP contribution in [0.5, 0.6) is 0 Å². The van der Waals surface area contributed by atoms with E-state index in [9.17, 15) is 18.8 Å². The summed E-state index contributed by atoms with van der Waals surface area (Å²) in [6.07, 6.45) is 0.733. The molecule has 0 aliphatic carbocycles. The molecular weight excluding hydrogens is 277 g/mol. The molecule has 7 heteroatoms. The van der Waals surface area contributed by atoms with E-state index in [0.717, 1.165) is 6.41 Å². The van der Waals surface area contributed by atoms with Crippen molar-refractivity contribution in [2.75, 3.05) is 26.2 Å². The average Bonchev–Trinajstić information content (AvgIpc) is 2.53. The van der Waals surface area contributed by atoms with Crippen molar-refractivity contribution in [3.8, 4) is 0 Å². The number of halogens is 1. The normalized spacial score (nSPS) is 14.7. The Morgan fingerprint density at radius 1 is 1.14 bits per heavy atom. The number of rotatable bonds is 3. The molecule has 0 saturated carbocycles. The van der Waals surface area contributed by atoms with Gasteiger partial charge in [-0.2, -0.15) is 0 Å². The van der Waals surface area contributed by atoms with Crippen LogP contribution in [0.25, 0.3) is 0 Å². The van der Waals surface area contributed by atoms with Gasteiger partial charge in [-0.25, -0.2) is 4.39 Å². The van der Waals surface area contributed by atoms with E-state index >= 15 is 0 Å². The molecule has 1 aromatic rings. The predicted octanol–water partition coefficient (Wildman–Crippen LogP) is -0.257. The van der Waals surface area contributed by atoms with Gasteiger partial charge in [0, 0.05) is 32.7 Å². The molecule has 1 N–H and O–H groups in total. The summed E-state index contributed by atoms with van der Waals surface area (Å²) in [7, 11) is 0. The van der Waals surface area contributed by atoms with Gasteiger partial charge >= 0.3 is 11.8 Å². The molecule has 0 spiro atoms. The second kappa shape index (κ2) is 6.83. The van der Waals surface area contributed by atoms with Crippen molar-refractivity contribution in [3.05, 3.63) is 35.6 Å². The van der Waals surface area contributed by atoms with E-state index in [-0.39, 0.29) is 12.4 Å². The third kappa shape index (κ3) is 4.01. The van der Waals surface area contributed by atoms with Gasteiger partial charge in [0.05, 0.1) is 0 Å². The second-order valence-electron chi connectivity index (χ2n) is 4.74. The van der Waals surface area contributed by atoms with Crippen molar-refractivity contribution in [1.29, 1.82) is 0 Å². The van der Waals surface area contributed by atoms with Crippen molar-refractivity contribution in [1.82, 2.24) is 15.1 Å². The van der Waals surface area contributed by atoms with Gasteiger partial charge < -0.3 is 15.1 Å². The quantitative estimate of drug-likeness (QED) is 0.617. The second-order valence-corrected chi connectivity index (χ2v) is 4.74. The lowest BCUT2D eigenvalue weighted by molar-refractivity contribution is -0.147. The van der Waals surface area contributed by atoms with Gasteiger partial charge in [0.1, 0.15) is 5.82 Å². The summed E-state index contributed by atoms with van der Waals surface area (Å²) in [4.78, 5) is 37.2. The predicted molar refractivity (Wildman–Crippen MR) is 72.5 cm³/mol. The number of carbonyl (C=O) groups excluding carboxylic acids is 3. The number of benzene rings is 1. The third-order valence-corrected chi connectivity index (χ3v) is 3.31. The molecule has 1 aromatic carbocycles. The molecule has 0 atom stereocenters. The highest BCUT2D eigenvalue weighted by atomic mass is 19.1. The van der Waals surface area contributed by atoms with Crippen molar-refractivity contribution in [2.45, 2.75) is 6.54 Å². The molecule has 3 amide bonds. The molecule has 21 heavy (non-hydrogen) atoms. The zero-order chi connectivity index (χ0) is 15.2. The van der Waals surface area contributed by atoms with Crippen LogP contribution in [0.2, 0.25) is 0 Å².